The molecule has 0 aromatic rings. The molecule has 0 aliphatic carbocycles. The summed E-state index contributed by atoms with van der Waals surface area (Å²) in [6.07, 6.45) is -0.993. The number of rotatable bonds is 5. The number of halogens is 3. The summed E-state index contributed by atoms with van der Waals surface area (Å²) in [6.45, 7) is 6.74. The van der Waals surface area contributed by atoms with Gasteiger partial charge in [-0.2, -0.15) is 13.2 Å². The molecule has 1 N–H and O–H groups in total. The normalized spacial score (nSPS) is 18.3. The predicted octanol–water partition coefficient (Wildman–Crippen LogP) is 1.96. The Hall–Kier alpha value is -0.810. The Morgan fingerprint density at radius 3 is 2.75 bits per heavy atom. The summed E-state index contributed by atoms with van der Waals surface area (Å²) in [4.78, 5) is 2.01. The van der Waals surface area contributed by atoms with Crippen LogP contribution in [0.15, 0.2) is 24.3 Å². The molecule has 0 saturated carbocycles. The van der Waals surface area contributed by atoms with E-state index in [1.807, 2.05) is 4.90 Å². The minimum Gasteiger partial charge on any atom is -0.312 e. The molecule has 0 aromatic carbocycles. The fourth-order valence-electron chi connectivity index (χ4n) is 1.61. The van der Waals surface area contributed by atoms with Crippen molar-refractivity contribution in [1.29, 1.82) is 0 Å². The van der Waals surface area contributed by atoms with Gasteiger partial charge >= 0.3 is 6.18 Å². The maximum absolute atomic E-state index is 12.3. The molecule has 0 amide bonds. The van der Waals surface area contributed by atoms with E-state index in [1.54, 1.807) is 6.08 Å². The van der Waals surface area contributed by atoms with Crippen molar-refractivity contribution in [3.05, 3.63) is 24.3 Å². The molecule has 16 heavy (non-hydrogen) atoms. The van der Waals surface area contributed by atoms with Gasteiger partial charge in [-0.1, -0.05) is 12.2 Å². The third-order valence-corrected chi connectivity index (χ3v) is 2.55. The van der Waals surface area contributed by atoms with Gasteiger partial charge in [0, 0.05) is 38.3 Å². The Kier molecular flexibility index (Phi) is 5.02. The molecule has 0 saturated heterocycles. The van der Waals surface area contributed by atoms with Gasteiger partial charge in [-0.25, -0.2) is 0 Å². The summed E-state index contributed by atoms with van der Waals surface area (Å²) in [7, 11) is 0. The van der Waals surface area contributed by atoms with Gasteiger partial charge in [-0.05, 0) is 6.42 Å². The first-order valence-electron chi connectivity index (χ1n) is 5.34. The number of hydrogen-bond acceptors (Lipinski definition) is 2. The Morgan fingerprint density at radius 1 is 1.50 bits per heavy atom. The Morgan fingerprint density at radius 2 is 2.25 bits per heavy atom. The molecule has 1 aliphatic heterocycles. The van der Waals surface area contributed by atoms with Crippen LogP contribution in [0.1, 0.15) is 6.42 Å². The molecule has 0 spiro atoms. The fourth-order valence-corrected chi connectivity index (χ4v) is 1.61. The second kappa shape index (κ2) is 6.06. The van der Waals surface area contributed by atoms with E-state index in [0.717, 1.165) is 19.6 Å². The van der Waals surface area contributed by atoms with E-state index < -0.39 is 6.18 Å². The van der Waals surface area contributed by atoms with Crippen LogP contribution in [0.2, 0.25) is 0 Å². The lowest BCUT2D eigenvalue weighted by Gasteiger charge is -2.27. The van der Waals surface area contributed by atoms with Crippen molar-refractivity contribution in [1.82, 2.24) is 10.2 Å². The molecule has 5 heteroatoms. The predicted molar refractivity (Wildman–Crippen MR) is 58.3 cm³/mol. The lowest BCUT2D eigenvalue weighted by Crippen LogP contribution is -2.36. The van der Waals surface area contributed by atoms with E-state index in [2.05, 4.69) is 11.9 Å². The van der Waals surface area contributed by atoms with E-state index >= 15 is 0 Å². The monoisotopic (exact) mass is 234 g/mol. The molecule has 0 unspecified atom stereocenters. The van der Waals surface area contributed by atoms with Crippen molar-refractivity contribution >= 4 is 0 Å². The van der Waals surface area contributed by atoms with Crippen LogP contribution in [0.5, 0.6) is 0 Å². The van der Waals surface area contributed by atoms with Crippen molar-refractivity contribution in [3.8, 4) is 0 Å². The molecule has 92 valence electrons. The molecule has 1 rings (SSSR count). The minimum absolute atomic E-state index is 0.102. The highest BCUT2D eigenvalue weighted by Crippen LogP contribution is 2.29. The second-order valence-electron chi connectivity index (χ2n) is 3.77. The lowest BCUT2D eigenvalue weighted by atomic mass is 10.1. The van der Waals surface area contributed by atoms with Crippen LogP contribution in [0.25, 0.3) is 0 Å². The van der Waals surface area contributed by atoms with Gasteiger partial charge < -0.3 is 5.32 Å². The van der Waals surface area contributed by atoms with E-state index in [-0.39, 0.29) is 12.0 Å². The average molecular weight is 234 g/mol. The van der Waals surface area contributed by atoms with Gasteiger partial charge in [-0.3, -0.25) is 4.90 Å². The quantitative estimate of drug-likeness (QED) is 0.578. The SMILES string of the molecule is C=CCNCCN1CC=C(C(F)(F)F)CC1. The standard InChI is InChI=1S/C11H17F3N2/c1-2-5-15-6-9-16-7-3-10(4-8-16)11(12,13)14/h2-3,15H,1,4-9H2. The number of alkyl halides is 3. The molecule has 1 heterocycles. The number of hydrogen-bond donors (Lipinski definition) is 1. The third kappa shape index (κ3) is 4.37. The van der Waals surface area contributed by atoms with Crippen molar-refractivity contribution in [2.24, 2.45) is 0 Å². The number of nitrogens with one attached hydrogen (secondary N) is 1. The molecular weight excluding hydrogens is 217 g/mol. The molecular formula is C11H17F3N2. The topological polar surface area (TPSA) is 15.3 Å². The van der Waals surface area contributed by atoms with Crippen LogP contribution in [-0.2, 0) is 0 Å². The van der Waals surface area contributed by atoms with Crippen LogP contribution >= 0.6 is 0 Å². The van der Waals surface area contributed by atoms with Crippen LogP contribution in [0.3, 0.4) is 0 Å². The summed E-state index contributed by atoms with van der Waals surface area (Å²) >= 11 is 0. The van der Waals surface area contributed by atoms with E-state index in [9.17, 15) is 13.2 Å². The Bertz CT molecular complexity index is 258. The van der Waals surface area contributed by atoms with Gasteiger partial charge in [0.1, 0.15) is 0 Å². The van der Waals surface area contributed by atoms with Gasteiger partial charge in [-0.15, -0.1) is 6.58 Å². The Balaban J connectivity index is 2.26. The zero-order valence-electron chi connectivity index (χ0n) is 9.19. The lowest BCUT2D eigenvalue weighted by molar-refractivity contribution is -0.0959. The summed E-state index contributed by atoms with van der Waals surface area (Å²) in [5.41, 5.74) is -0.386. The van der Waals surface area contributed by atoms with Gasteiger partial charge in [0.15, 0.2) is 0 Å². The first-order chi connectivity index (χ1) is 7.54. The van der Waals surface area contributed by atoms with Crippen LogP contribution in [-0.4, -0.2) is 43.8 Å². The van der Waals surface area contributed by atoms with E-state index in [1.165, 1.54) is 6.08 Å². The molecule has 0 atom stereocenters. The summed E-state index contributed by atoms with van der Waals surface area (Å²) < 4.78 is 36.9. The zero-order chi connectivity index (χ0) is 12.0. The van der Waals surface area contributed by atoms with E-state index in [0.29, 0.717) is 13.1 Å². The highest BCUT2D eigenvalue weighted by molar-refractivity contribution is 5.12. The largest absolute Gasteiger partial charge is 0.412 e. The molecule has 0 bridgehead atoms. The smallest absolute Gasteiger partial charge is 0.312 e. The zero-order valence-corrected chi connectivity index (χ0v) is 9.19. The average Bonchev–Trinajstić information content (AvgIpc) is 2.24. The van der Waals surface area contributed by atoms with Gasteiger partial charge in [0.05, 0.1) is 0 Å². The minimum atomic E-state index is -4.15. The van der Waals surface area contributed by atoms with Crippen molar-refractivity contribution in [3.63, 3.8) is 0 Å². The van der Waals surface area contributed by atoms with E-state index in [4.69, 9.17) is 0 Å². The third-order valence-electron chi connectivity index (χ3n) is 2.55. The van der Waals surface area contributed by atoms with Gasteiger partial charge in [0.25, 0.3) is 0 Å². The number of nitrogens with zero attached hydrogens (tertiary/aromatic N) is 1. The van der Waals surface area contributed by atoms with Crippen LogP contribution in [0.4, 0.5) is 13.2 Å². The van der Waals surface area contributed by atoms with Gasteiger partial charge in [0.2, 0.25) is 0 Å². The maximum Gasteiger partial charge on any atom is 0.412 e. The van der Waals surface area contributed by atoms with Crippen molar-refractivity contribution in [2.75, 3.05) is 32.7 Å². The van der Waals surface area contributed by atoms with Crippen molar-refractivity contribution in [2.45, 2.75) is 12.6 Å². The summed E-state index contributed by atoms with van der Waals surface area (Å²) in [6, 6.07) is 0. The molecule has 2 nitrogen and oxygen atoms in total. The summed E-state index contributed by atoms with van der Waals surface area (Å²) in [5.74, 6) is 0. The second-order valence-corrected chi connectivity index (χ2v) is 3.77. The van der Waals surface area contributed by atoms with Crippen LogP contribution in [0, 0.1) is 0 Å². The molecule has 1 aliphatic rings. The molecule has 0 fully saturated rings. The fraction of sp³-hybridized carbons (Fsp3) is 0.636. The van der Waals surface area contributed by atoms with Crippen molar-refractivity contribution < 1.29 is 13.2 Å². The molecule has 0 radical (unpaired) electrons. The Labute approximate surface area is 93.8 Å². The first kappa shape index (κ1) is 13.3. The molecule has 0 aromatic heterocycles. The maximum atomic E-state index is 12.3. The summed E-state index contributed by atoms with van der Waals surface area (Å²) in [5, 5.41) is 3.12. The first-order valence-corrected chi connectivity index (χ1v) is 5.34. The van der Waals surface area contributed by atoms with Crippen LogP contribution < -0.4 is 5.32 Å². The highest BCUT2D eigenvalue weighted by atomic mass is 19.4. The highest BCUT2D eigenvalue weighted by Gasteiger charge is 2.34.